The standard InChI is InChI=1S/C13H22N5O13P3/c1-2-3-13(18-6-17-8-11(14)15-5-16-12(8)18)10(20)9(19)7(29-13)4-28-33(24,25)31-34(26,27)30-32(21,22)23/h5-7,9-10,19-20H,2-4H2,1H3,(H,24,25)(H,26,27)(H2,14,15,16)(H2,21,22,23)/t7-,9-,10-,13-/m1/s1. The maximum atomic E-state index is 12.0. The van der Waals surface area contributed by atoms with Crippen molar-refractivity contribution in [2.24, 2.45) is 0 Å². The van der Waals surface area contributed by atoms with Crippen LogP contribution in [0.5, 0.6) is 0 Å². The first-order valence-corrected chi connectivity index (χ1v) is 13.9. The third-order valence-corrected chi connectivity index (χ3v) is 8.52. The Kier molecular flexibility index (Phi) is 7.68. The van der Waals surface area contributed by atoms with Gasteiger partial charge in [-0.05, 0) is 6.42 Å². The van der Waals surface area contributed by atoms with Crippen molar-refractivity contribution in [1.82, 2.24) is 19.5 Å². The molecule has 0 saturated carbocycles. The minimum Gasteiger partial charge on any atom is -0.387 e. The number of fused-ring (bicyclic) bond motifs is 1. The second kappa shape index (κ2) is 9.59. The predicted octanol–water partition coefficient (Wildman–Crippen LogP) is -0.675. The van der Waals surface area contributed by atoms with Crippen LogP contribution in [0.4, 0.5) is 5.82 Å². The summed E-state index contributed by atoms with van der Waals surface area (Å²) in [7, 11) is -16.8. The van der Waals surface area contributed by atoms with Gasteiger partial charge >= 0.3 is 23.5 Å². The molecular formula is C13H22N5O13P3. The zero-order valence-corrected chi connectivity index (χ0v) is 19.9. The molecule has 2 aromatic rings. The normalized spacial score (nSPS) is 29.2. The maximum absolute atomic E-state index is 12.0. The quantitative estimate of drug-likeness (QED) is 0.181. The van der Waals surface area contributed by atoms with Gasteiger partial charge in [0.15, 0.2) is 17.2 Å². The van der Waals surface area contributed by atoms with E-state index in [0.717, 1.165) is 6.33 Å². The molecule has 2 unspecified atom stereocenters. The Bertz CT molecular complexity index is 1190. The van der Waals surface area contributed by atoms with Gasteiger partial charge in [0.1, 0.15) is 30.2 Å². The Balaban J connectivity index is 1.82. The van der Waals surface area contributed by atoms with Crippen LogP contribution in [0.1, 0.15) is 19.8 Å². The number of aromatic nitrogens is 4. The van der Waals surface area contributed by atoms with Crippen molar-refractivity contribution in [3.63, 3.8) is 0 Å². The van der Waals surface area contributed by atoms with Crippen LogP contribution in [0, 0.1) is 0 Å². The van der Waals surface area contributed by atoms with Gasteiger partial charge in [-0.25, -0.2) is 28.6 Å². The minimum atomic E-state index is -5.72. The third-order valence-electron chi connectivity index (χ3n) is 4.72. The smallest absolute Gasteiger partial charge is 0.387 e. The number of hydrogen-bond donors (Lipinski definition) is 7. The van der Waals surface area contributed by atoms with E-state index in [2.05, 4.69) is 28.1 Å². The van der Waals surface area contributed by atoms with E-state index in [-0.39, 0.29) is 23.4 Å². The molecule has 8 N–H and O–H groups in total. The number of nitrogens with two attached hydrogens (primary N) is 1. The second-order valence-corrected chi connectivity index (χ2v) is 11.5. The summed E-state index contributed by atoms with van der Waals surface area (Å²) in [5.74, 6) is 0.0487. The second-order valence-electron chi connectivity index (χ2n) is 7.12. The number of phosphoric ester groups is 1. The third kappa shape index (κ3) is 5.71. The zero-order valence-electron chi connectivity index (χ0n) is 17.3. The molecule has 0 radical (unpaired) electrons. The molecule has 34 heavy (non-hydrogen) atoms. The number of imidazole rings is 1. The van der Waals surface area contributed by atoms with Gasteiger partial charge in [-0.1, -0.05) is 13.3 Å². The van der Waals surface area contributed by atoms with Gasteiger partial charge in [-0.2, -0.15) is 8.62 Å². The van der Waals surface area contributed by atoms with E-state index < -0.39 is 54.1 Å². The summed E-state index contributed by atoms with van der Waals surface area (Å²) in [6.45, 7) is 0.795. The van der Waals surface area contributed by atoms with Gasteiger partial charge in [0.05, 0.1) is 12.9 Å². The summed E-state index contributed by atoms with van der Waals surface area (Å²) < 4.78 is 53.1. The molecular weight excluding hydrogens is 527 g/mol. The summed E-state index contributed by atoms with van der Waals surface area (Å²) in [4.78, 5) is 48.0. The van der Waals surface area contributed by atoms with E-state index >= 15 is 0 Å². The Morgan fingerprint density at radius 1 is 1.12 bits per heavy atom. The fraction of sp³-hybridized carbons (Fsp3) is 0.615. The first kappa shape index (κ1) is 27.2. The van der Waals surface area contributed by atoms with E-state index in [9.17, 15) is 33.7 Å². The lowest BCUT2D eigenvalue weighted by Gasteiger charge is -2.33. The lowest BCUT2D eigenvalue weighted by Crippen LogP contribution is -2.45. The average molecular weight is 549 g/mol. The first-order chi connectivity index (χ1) is 15.6. The van der Waals surface area contributed by atoms with Crippen LogP contribution in [0.15, 0.2) is 12.7 Å². The molecule has 18 nitrogen and oxygen atoms in total. The Labute approximate surface area is 190 Å². The lowest BCUT2D eigenvalue weighted by atomic mass is 9.98. The Morgan fingerprint density at radius 2 is 1.79 bits per heavy atom. The van der Waals surface area contributed by atoms with E-state index in [1.807, 2.05) is 0 Å². The van der Waals surface area contributed by atoms with Crippen molar-refractivity contribution in [3.05, 3.63) is 12.7 Å². The molecule has 0 aliphatic carbocycles. The van der Waals surface area contributed by atoms with E-state index in [1.54, 1.807) is 6.92 Å². The van der Waals surface area contributed by atoms with Crippen molar-refractivity contribution >= 4 is 40.4 Å². The fourth-order valence-electron chi connectivity index (χ4n) is 3.49. The monoisotopic (exact) mass is 549 g/mol. The molecule has 192 valence electrons. The summed E-state index contributed by atoms with van der Waals surface area (Å²) in [5.41, 5.74) is 4.47. The highest BCUT2D eigenvalue weighted by Crippen LogP contribution is 2.66. The van der Waals surface area contributed by atoms with Crippen molar-refractivity contribution in [2.75, 3.05) is 12.3 Å². The summed E-state index contributed by atoms with van der Waals surface area (Å²) >= 11 is 0. The Hall–Kier alpha value is -1.36. The molecule has 0 amide bonds. The van der Waals surface area contributed by atoms with Gasteiger partial charge in [-0.15, -0.1) is 0 Å². The van der Waals surface area contributed by atoms with Gasteiger partial charge < -0.3 is 40.3 Å². The van der Waals surface area contributed by atoms with Crippen molar-refractivity contribution in [1.29, 1.82) is 0 Å². The van der Waals surface area contributed by atoms with Crippen LogP contribution in [0.2, 0.25) is 0 Å². The number of rotatable bonds is 10. The summed E-state index contributed by atoms with van der Waals surface area (Å²) in [6, 6.07) is 0. The largest absolute Gasteiger partial charge is 0.490 e. The molecule has 6 atom stereocenters. The van der Waals surface area contributed by atoms with E-state index in [0.29, 0.717) is 6.42 Å². The summed E-state index contributed by atoms with van der Waals surface area (Å²) in [6.07, 6.45) is -1.88. The van der Waals surface area contributed by atoms with Crippen LogP contribution in [0.3, 0.4) is 0 Å². The Morgan fingerprint density at radius 3 is 2.41 bits per heavy atom. The van der Waals surface area contributed by atoms with Gasteiger partial charge in [-0.3, -0.25) is 9.09 Å². The molecule has 0 bridgehead atoms. The van der Waals surface area contributed by atoms with Crippen LogP contribution >= 0.6 is 23.5 Å². The van der Waals surface area contributed by atoms with Crippen molar-refractivity contribution in [2.45, 2.75) is 43.8 Å². The molecule has 3 rings (SSSR count). The number of nitrogen functional groups attached to an aromatic ring is 1. The van der Waals surface area contributed by atoms with Crippen molar-refractivity contribution in [3.8, 4) is 0 Å². The molecule has 21 heteroatoms. The molecule has 1 fully saturated rings. The zero-order chi connectivity index (χ0) is 25.5. The van der Waals surface area contributed by atoms with Gasteiger partial charge in [0.25, 0.3) is 0 Å². The van der Waals surface area contributed by atoms with Crippen LogP contribution in [-0.4, -0.2) is 74.2 Å². The SMILES string of the molecule is CCC[C@@]1(n2cnc3c(N)ncnc32)O[C@H](COP(=O)(O)OP(=O)(O)OP(=O)(O)O)[C@@H](O)[C@H]1O. The molecule has 2 aromatic heterocycles. The summed E-state index contributed by atoms with van der Waals surface area (Å²) in [5, 5.41) is 21.4. The highest BCUT2D eigenvalue weighted by molar-refractivity contribution is 7.66. The molecule has 1 aliphatic heterocycles. The van der Waals surface area contributed by atoms with Gasteiger partial charge in [0, 0.05) is 0 Å². The number of hydrogen-bond acceptors (Lipinski definition) is 13. The number of ether oxygens (including phenoxy) is 1. The number of nitrogens with zero attached hydrogens (tertiary/aromatic N) is 4. The fourth-order valence-corrected chi connectivity index (χ4v) is 6.52. The van der Waals surface area contributed by atoms with Crippen molar-refractivity contribution < 1.29 is 61.4 Å². The highest BCUT2D eigenvalue weighted by Gasteiger charge is 2.56. The molecule has 1 aliphatic rings. The average Bonchev–Trinajstić information content (AvgIpc) is 3.21. The first-order valence-electron chi connectivity index (χ1n) is 9.37. The molecule has 1 saturated heterocycles. The highest BCUT2D eigenvalue weighted by atomic mass is 31.3. The van der Waals surface area contributed by atoms with E-state index in [1.165, 1.54) is 10.9 Å². The minimum absolute atomic E-state index is 0.0487. The van der Waals surface area contributed by atoms with Crippen LogP contribution < -0.4 is 5.73 Å². The number of phosphoric acid groups is 3. The predicted molar refractivity (Wildman–Crippen MR) is 109 cm³/mol. The van der Waals surface area contributed by atoms with Crippen LogP contribution in [0.25, 0.3) is 11.2 Å². The maximum Gasteiger partial charge on any atom is 0.490 e. The number of anilines is 1. The van der Waals surface area contributed by atoms with Crippen LogP contribution in [-0.2, 0) is 37.3 Å². The number of aliphatic hydroxyl groups is 2. The van der Waals surface area contributed by atoms with E-state index in [4.69, 9.17) is 20.3 Å². The van der Waals surface area contributed by atoms with Gasteiger partial charge in [0.2, 0.25) is 0 Å². The topological polar surface area (TPSA) is 279 Å². The number of aliphatic hydroxyl groups excluding tert-OH is 2. The molecule has 0 aromatic carbocycles. The molecule has 3 heterocycles. The lowest BCUT2D eigenvalue weighted by molar-refractivity contribution is -0.150. The molecule has 0 spiro atoms.